The molecule has 2 N–H and O–H groups in total. The highest BCUT2D eigenvalue weighted by Gasteiger charge is 2.27. The SMILES string of the molecule is COC(=O)CCCC(=O)NC(c1ccc(OC)cc1)c1cc([N+](=O)[O-])c2cccnc2c1O. The molecule has 0 aliphatic heterocycles. The summed E-state index contributed by atoms with van der Waals surface area (Å²) in [4.78, 5) is 39.3. The van der Waals surface area contributed by atoms with Gasteiger partial charge in [-0.1, -0.05) is 12.1 Å². The van der Waals surface area contributed by atoms with Crippen LogP contribution in [-0.4, -0.2) is 41.1 Å². The molecule has 0 saturated carbocycles. The minimum Gasteiger partial charge on any atom is -0.505 e. The number of carbonyl (C=O) groups excluding carboxylic acids is 2. The molecular weight excluding hydrogens is 430 g/mol. The zero-order valence-corrected chi connectivity index (χ0v) is 18.1. The Morgan fingerprint density at radius 1 is 1.18 bits per heavy atom. The maximum Gasteiger partial charge on any atom is 0.305 e. The Bertz CT molecular complexity index is 1180. The van der Waals surface area contributed by atoms with Crippen LogP contribution in [0, 0.1) is 10.1 Å². The Balaban J connectivity index is 2.04. The number of nitro benzene ring substituents is 1. The van der Waals surface area contributed by atoms with Crippen molar-refractivity contribution in [3.05, 3.63) is 69.9 Å². The van der Waals surface area contributed by atoms with Crippen LogP contribution in [0.3, 0.4) is 0 Å². The zero-order chi connectivity index (χ0) is 24.0. The van der Waals surface area contributed by atoms with E-state index in [1.165, 1.54) is 32.5 Å². The van der Waals surface area contributed by atoms with E-state index in [0.29, 0.717) is 11.3 Å². The van der Waals surface area contributed by atoms with E-state index in [0.717, 1.165) is 0 Å². The molecule has 0 aliphatic carbocycles. The monoisotopic (exact) mass is 453 g/mol. The Kier molecular flexibility index (Phi) is 7.39. The van der Waals surface area contributed by atoms with Gasteiger partial charge in [0.25, 0.3) is 5.69 Å². The highest BCUT2D eigenvalue weighted by molar-refractivity contribution is 5.94. The van der Waals surface area contributed by atoms with Gasteiger partial charge in [-0.15, -0.1) is 0 Å². The minimum atomic E-state index is -0.911. The average Bonchev–Trinajstić information content (AvgIpc) is 2.83. The molecule has 10 nitrogen and oxygen atoms in total. The topological polar surface area (TPSA) is 141 Å². The number of phenols is 1. The van der Waals surface area contributed by atoms with E-state index in [2.05, 4.69) is 15.0 Å². The molecule has 10 heteroatoms. The number of ether oxygens (including phenoxy) is 2. The number of nitro groups is 1. The number of pyridine rings is 1. The minimum absolute atomic E-state index is 0.0242. The lowest BCUT2D eigenvalue weighted by molar-refractivity contribution is -0.383. The average molecular weight is 453 g/mol. The number of aromatic nitrogens is 1. The number of benzene rings is 2. The van der Waals surface area contributed by atoms with Crippen molar-refractivity contribution >= 4 is 28.5 Å². The standard InChI is InChI=1S/C23H23N3O7/c1-32-15-10-8-14(9-11-15)21(25-19(27)6-3-7-20(28)33-2)17-13-18(26(30)31)16-5-4-12-24-22(16)23(17)29/h4-5,8-13,21,29H,3,6-7H2,1-2H3,(H,25,27). The van der Waals surface area contributed by atoms with Crippen LogP contribution in [0.5, 0.6) is 11.5 Å². The van der Waals surface area contributed by atoms with Gasteiger partial charge >= 0.3 is 5.97 Å². The smallest absolute Gasteiger partial charge is 0.305 e. The quantitative estimate of drug-likeness (QED) is 0.285. The summed E-state index contributed by atoms with van der Waals surface area (Å²) in [5.74, 6) is -0.518. The molecule has 0 spiro atoms. The number of rotatable bonds is 9. The third-order valence-corrected chi connectivity index (χ3v) is 5.15. The number of methoxy groups -OCH3 is 2. The summed E-state index contributed by atoms with van der Waals surface area (Å²) in [5.41, 5.74) is 0.501. The fraction of sp³-hybridized carbons (Fsp3) is 0.261. The number of hydrogen-bond acceptors (Lipinski definition) is 8. The van der Waals surface area contributed by atoms with E-state index in [4.69, 9.17) is 4.74 Å². The number of esters is 1. The molecule has 1 unspecified atom stereocenters. The van der Waals surface area contributed by atoms with E-state index in [9.17, 15) is 24.8 Å². The molecule has 0 radical (unpaired) electrons. The molecule has 1 amide bonds. The lowest BCUT2D eigenvalue weighted by Crippen LogP contribution is -2.29. The molecule has 172 valence electrons. The van der Waals surface area contributed by atoms with Crippen LogP contribution < -0.4 is 10.1 Å². The lowest BCUT2D eigenvalue weighted by atomic mass is 9.95. The third kappa shape index (κ3) is 5.35. The molecule has 3 rings (SSSR count). The number of nitrogens with one attached hydrogen (secondary N) is 1. The molecule has 1 atom stereocenters. The normalized spacial score (nSPS) is 11.6. The summed E-state index contributed by atoms with van der Waals surface area (Å²) < 4.78 is 9.75. The zero-order valence-electron chi connectivity index (χ0n) is 18.1. The second-order valence-electron chi connectivity index (χ2n) is 7.19. The van der Waals surface area contributed by atoms with Crippen LogP contribution >= 0.6 is 0 Å². The predicted molar refractivity (Wildman–Crippen MR) is 119 cm³/mol. The highest BCUT2D eigenvalue weighted by atomic mass is 16.6. The molecule has 3 aromatic rings. The van der Waals surface area contributed by atoms with Crippen molar-refractivity contribution in [2.45, 2.75) is 25.3 Å². The van der Waals surface area contributed by atoms with Crippen molar-refractivity contribution in [3.8, 4) is 11.5 Å². The first-order valence-electron chi connectivity index (χ1n) is 10.1. The van der Waals surface area contributed by atoms with Crippen LogP contribution in [0.4, 0.5) is 5.69 Å². The van der Waals surface area contributed by atoms with Gasteiger partial charge in [0.1, 0.15) is 17.0 Å². The van der Waals surface area contributed by atoms with Crippen LogP contribution in [0.15, 0.2) is 48.7 Å². The van der Waals surface area contributed by atoms with Crippen LogP contribution in [-0.2, 0) is 14.3 Å². The van der Waals surface area contributed by atoms with Crippen molar-refractivity contribution < 1.29 is 29.1 Å². The van der Waals surface area contributed by atoms with Gasteiger partial charge in [0.15, 0.2) is 0 Å². The van der Waals surface area contributed by atoms with Crippen molar-refractivity contribution in [2.75, 3.05) is 14.2 Å². The Labute approximate surface area is 189 Å². The molecule has 0 fully saturated rings. The first kappa shape index (κ1) is 23.5. The number of amides is 1. The number of phenolic OH excluding ortho intramolecular Hbond substituents is 1. The molecule has 1 aromatic heterocycles. The molecular formula is C23H23N3O7. The molecule has 0 bridgehead atoms. The van der Waals surface area contributed by atoms with E-state index in [1.54, 1.807) is 30.3 Å². The van der Waals surface area contributed by atoms with Gasteiger partial charge in [-0.3, -0.25) is 24.7 Å². The van der Waals surface area contributed by atoms with Crippen LogP contribution in [0.2, 0.25) is 0 Å². The molecule has 0 aliphatic rings. The largest absolute Gasteiger partial charge is 0.505 e. The van der Waals surface area contributed by atoms with Crippen molar-refractivity contribution in [3.63, 3.8) is 0 Å². The van der Waals surface area contributed by atoms with Crippen molar-refractivity contribution in [1.29, 1.82) is 0 Å². The number of nitrogens with zero attached hydrogens (tertiary/aromatic N) is 2. The van der Waals surface area contributed by atoms with E-state index in [1.807, 2.05) is 0 Å². The summed E-state index contributed by atoms with van der Waals surface area (Å²) in [5, 5.41) is 25.7. The van der Waals surface area contributed by atoms with Crippen molar-refractivity contribution in [1.82, 2.24) is 10.3 Å². The second kappa shape index (κ2) is 10.4. The Morgan fingerprint density at radius 3 is 2.55 bits per heavy atom. The second-order valence-corrected chi connectivity index (χ2v) is 7.19. The summed E-state index contributed by atoms with van der Waals surface area (Å²) >= 11 is 0. The summed E-state index contributed by atoms with van der Waals surface area (Å²) in [6.45, 7) is 0. The molecule has 1 heterocycles. The number of carbonyl (C=O) groups is 2. The fourth-order valence-electron chi connectivity index (χ4n) is 3.47. The van der Waals surface area contributed by atoms with Crippen molar-refractivity contribution in [2.24, 2.45) is 0 Å². The maximum absolute atomic E-state index is 12.7. The number of fused-ring (bicyclic) bond motifs is 1. The number of non-ortho nitro benzene ring substituents is 1. The molecule has 0 saturated heterocycles. The highest BCUT2D eigenvalue weighted by Crippen LogP contribution is 2.39. The van der Waals surface area contributed by atoms with E-state index in [-0.39, 0.29) is 47.2 Å². The van der Waals surface area contributed by atoms with Gasteiger partial charge in [0.05, 0.1) is 30.6 Å². The van der Waals surface area contributed by atoms with Gasteiger partial charge in [-0.2, -0.15) is 0 Å². The number of aromatic hydroxyl groups is 1. The van der Waals surface area contributed by atoms with Crippen LogP contribution in [0.25, 0.3) is 10.9 Å². The summed E-state index contributed by atoms with van der Waals surface area (Å²) in [6, 6.07) is 10.1. The maximum atomic E-state index is 12.7. The fourth-order valence-corrected chi connectivity index (χ4v) is 3.47. The van der Waals surface area contributed by atoms with Crippen LogP contribution in [0.1, 0.15) is 36.4 Å². The molecule has 33 heavy (non-hydrogen) atoms. The Morgan fingerprint density at radius 2 is 1.91 bits per heavy atom. The lowest BCUT2D eigenvalue weighted by Gasteiger charge is -2.22. The van der Waals surface area contributed by atoms with Gasteiger partial charge in [-0.25, -0.2) is 0 Å². The first-order valence-corrected chi connectivity index (χ1v) is 10.1. The molecule has 2 aromatic carbocycles. The summed E-state index contributed by atoms with van der Waals surface area (Å²) in [7, 11) is 2.78. The van der Waals surface area contributed by atoms with Gasteiger partial charge in [-0.05, 0) is 36.2 Å². The van der Waals surface area contributed by atoms with Gasteiger partial charge in [0, 0.05) is 30.7 Å². The first-order chi connectivity index (χ1) is 15.8. The predicted octanol–water partition coefficient (Wildman–Crippen LogP) is 3.41. The third-order valence-electron chi connectivity index (χ3n) is 5.15. The van der Waals surface area contributed by atoms with E-state index < -0.39 is 22.8 Å². The number of hydrogen-bond donors (Lipinski definition) is 2. The van der Waals surface area contributed by atoms with E-state index >= 15 is 0 Å². The van der Waals surface area contributed by atoms with Gasteiger partial charge < -0.3 is 19.9 Å². The van der Waals surface area contributed by atoms with Gasteiger partial charge in [0.2, 0.25) is 5.91 Å². The Hall–Kier alpha value is -4.21. The summed E-state index contributed by atoms with van der Waals surface area (Å²) in [6.07, 6.45) is 1.78.